The van der Waals surface area contributed by atoms with Crippen LogP contribution >= 0.6 is 0 Å². The lowest BCUT2D eigenvalue weighted by atomic mass is 10.0. The number of hydrogen-bond donors (Lipinski definition) is 1. The van der Waals surface area contributed by atoms with Crippen LogP contribution in [0.3, 0.4) is 0 Å². The van der Waals surface area contributed by atoms with Crippen LogP contribution in [0.4, 0.5) is 5.69 Å². The highest BCUT2D eigenvalue weighted by Gasteiger charge is 2.27. The van der Waals surface area contributed by atoms with Gasteiger partial charge < -0.3 is 9.47 Å². The van der Waals surface area contributed by atoms with Gasteiger partial charge in [0, 0.05) is 12.1 Å². The van der Waals surface area contributed by atoms with Gasteiger partial charge in [0.2, 0.25) is 10.0 Å². The third-order valence-corrected chi connectivity index (χ3v) is 5.56. The molecule has 2 aromatic rings. The maximum Gasteiger partial charge on any atom is 0.307 e. The molecule has 0 radical (unpaired) electrons. The van der Waals surface area contributed by atoms with Crippen LogP contribution in [0.25, 0.3) is 0 Å². The van der Waals surface area contributed by atoms with Crippen molar-refractivity contribution in [1.82, 2.24) is 4.72 Å². The predicted molar refractivity (Wildman–Crippen MR) is 105 cm³/mol. The molecule has 0 aliphatic carbocycles. The highest BCUT2D eigenvalue weighted by atomic mass is 32.2. The number of rotatable bonds is 9. The van der Waals surface area contributed by atoms with Crippen LogP contribution in [0, 0.1) is 17.0 Å². The molecular weight excluding hydrogens is 400 g/mol. The number of carbonyl (C=O) groups is 1. The number of hydrogen-bond acceptors (Lipinski definition) is 7. The van der Waals surface area contributed by atoms with Gasteiger partial charge in [-0.05, 0) is 37.1 Å². The number of nitrogens with zero attached hydrogens (tertiary/aromatic N) is 1. The van der Waals surface area contributed by atoms with Gasteiger partial charge in [0.15, 0.2) is 0 Å². The van der Waals surface area contributed by atoms with Gasteiger partial charge in [0.05, 0.1) is 31.1 Å². The Hall–Kier alpha value is -2.98. The summed E-state index contributed by atoms with van der Waals surface area (Å²) in [5.41, 5.74) is 0.745. The van der Waals surface area contributed by atoms with Crippen LogP contribution in [0.5, 0.6) is 5.75 Å². The molecule has 0 saturated heterocycles. The predicted octanol–water partition coefficient (Wildman–Crippen LogP) is 2.88. The molecule has 0 saturated carbocycles. The molecule has 10 heteroatoms. The highest BCUT2D eigenvalue weighted by molar-refractivity contribution is 7.89. The Labute approximate surface area is 168 Å². The Kier molecular flexibility index (Phi) is 7.29. The van der Waals surface area contributed by atoms with E-state index in [1.807, 2.05) is 0 Å². The van der Waals surface area contributed by atoms with Crippen LogP contribution in [0.15, 0.2) is 47.4 Å². The molecule has 0 aliphatic heterocycles. The second-order valence-corrected chi connectivity index (χ2v) is 7.87. The minimum Gasteiger partial charge on any atom is -0.495 e. The fourth-order valence-corrected chi connectivity index (χ4v) is 4.19. The molecule has 1 atom stereocenters. The number of nitrogens with one attached hydrogen (secondary N) is 1. The van der Waals surface area contributed by atoms with Gasteiger partial charge in [0.1, 0.15) is 10.6 Å². The van der Waals surface area contributed by atoms with Gasteiger partial charge in [-0.3, -0.25) is 14.9 Å². The number of nitro benzene ring substituents is 1. The average molecular weight is 422 g/mol. The molecule has 1 unspecified atom stereocenters. The number of esters is 1. The highest BCUT2D eigenvalue weighted by Crippen LogP contribution is 2.28. The minimum absolute atomic E-state index is 0.0979. The summed E-state index contributed by atoms with van der Waals surface area (Å²) in [6, 6.07) is 9.04. The van der Waals surface area contributed by atoms with Crippen LogP contribution in [0.1, 0.15) is 30.5 Å². The monoisotopic (exact) mass is 422 g/mol. The molecule has 156 valence electrons. The number of non-ortho nitro benzene ring substituents is 1. The number of benzene rings is 2. The molecule has 2 aromatic carbocycles. The number of sulfonamides is 1. The number of ether oxygens (including phenoxy) is 2. The zero-order valence-corrected chi connectivity index (χ0v) is 17.1. The molecule has 2 rings (SSSR count). The Morgan fingerprint density at radius 2 is 1.97 bits per heavy atom. The fraction of sp³-hybridized carbons (Fsp3) is 0.316. The van der Waals surface area contributed by atoms with Crippen LogP contribution < -0.4 is 9.46 Å². The lowest BCUT2D eigenvalue weighted by Crippen LogP contribution is -2.31. The van der Waals surface area contributed by atoms with E-state index in [-0.39, 0.29) is 34.9 Å². The van der Waals surface area contributed by atoms with Crippen molar-refractivity contribution in [2.24, 2.45) is 0 Å². The van der Waals surface area contributed by atoms with Crippen LogP contribution in [-0.4, -0.2) is 33.0 Å². The largest absolute Gasteiger partial charge is 0.495 e. The van der Waals surface area contributed by atoms with Crippen molar-refractivity contribution in [3.05, 3.63) is 63.7 Å². The maximum absolute atomic E-state index is 13.0. The van der Waals surface area contributed by atoms with Gasteiger partial charge in [-0.1, -0.05) is 18.2 Å². The molecular formula is C19H22N2O7S. The average Bonchev–Trinajstić information content (AvgIpc) is 2.67. The molecule has 0 aliphatic rings. The van der Waals surface area contributed by atoms with Gasteiger partial charge in [-0.15, -0.1) is 0 Å². The van der Waals surface area contributed by atoms with Crippen molar-refractivity contribution in [3.8, 4) is 5.75 Å². The smallest absolute Gasteiger partial charge is 0.307 e. The van der Waals surface area contributed by atoms with E-state index in [1.165, 1.54) is 43.5 Å². The van der Waals surface area contributed by atoms with Crippen molar-refractivity contribution < 1.29 is 27.6 Å². The summed E-state index contributed by atoms with van der Waals surface area (Å²) < 4.78 is 38.6. The first kappa shape index (κ1) is 22.3. The number of aryl methyl sites for hydroxylation is 1. The van der Waals surface area contributed by atoms with Crippen molar-refractivity contribution in [2.45, 2.75) is 31.2 Å². The second-order valence-electron chi connectivity index (χ2n) is 6.19. The molecule has 0 fully saturated rings. The first-order valence-corrected chi connectivity index (χ1v) is 10.2. The van der Waals surface area contributed by atoms with Crippen LogP contribution in [0.2, 0.25) is 0 Å². The summed E-state index contributed by atoms with van der Waals surface area (Å²) in [4.78, 5) is 22.4. The van der Waals surface area contributed by atoms with E-state index in [9.17, 15) is 23.3 Å². The van der Waals surface area contributed by atoms with Crippen molar-refractivity contribution >= 4 is 21.7 Å². The Bertz CT molecular complexity index is 1010. The Balaban J connectivity index is 2.47. The summed E-state index contributed by atoms with van der Waals surface area (Å²) in [6.45, 7) is 3.48. The van der Waals surface area contributed by atoms with Gasteiger partial charge in [-0.25, -0.2) is 13.1 Å². The van der Waals surface area contributed by atoms with Crippen molar-refractivity contribution in [2.75, 3.05) is 13.7 Å². The number of methoxy groups -OCH3 is 1. The minimum atomic E-state index is -4.12. The van der Waals surface area contributed by atoms with E-state index in [1.54, 1.807) is 19.9 Å². The first-order valence-electron chi connectivity index (χ1n) is 8.75. The topological polar surface area (TPSA) is 125 Å². The number of nitro groups is 1. The second kappa shape index (κ2) is 9.48. The SMILES string of the molecule is CCOC(=O)CC(NS(=O)(=O)c1cc(C)ccc1OC)c1cccc([N+](=O)[O-])c1. The van der Waals surface area contributed by atoms with Gasteiger partial charge in [-0.2, -0.15) is 0 Å². The van der Waals surface area contributed by atoms with E-state index in [2.05, 4.69) is 4.72 Å². The van der Waals surface area contributed by atoms with E-state index < -0.39 is 27.0 Å². The molecule has 9 nitrogen and oxygen atoms in total. The molecule has 0 amide bonds. The fourth-order valence-electron chi connectivity index (χ4n) is 2.71. The molecule has 0 aromatic heterocycles. The zero-order chi connectivity index (χ0) is 21.6. The first-order chi connectivity index (χ1) is 13.7. The van der Waals surface area contributed by atoms with Crippen molar-refractivity contribution in [1.29, 1.82) is 0 Å². The normalized spacial score (nSPS) is 12.2. The molecule has 0 heterocycles. The van der Waals surface area contributed by atoms with Crippen molar-refractivity contribution in [3.63, 3.8) is 0 Å². The molecule has 0 bridgehead atoms. The lowest BCUT2D eigenvalue weighted by Gasteiger charge is -2.19. The summed E-state index contributed by atoms with van der Waals surface area (Å²) in [5, 5.41) is 11.1. The van der Waals surface area contributed by atoms with Gasteiger partial charge in [0.25, 0.3) is 5.69 Å². The summed E-state index contributed by atoms with van der Waals surface area (Å²) in [6.07, 6.45) is -0.331. The number of carbonyl (C=O) groups excluding carboxylic acids is 1. The quantitative estimate of drug-likeness (QED) is 0.374. The zero-order valence-electron chi connectivity index (χ0n) is 16.2. The van der Waals surface area contributed by atoms with Gasteiger partial charge >= 0.3 is 5.97 Å². The molecule has 29 heavy (non-hydrogen) atoms. The van der Waals surface area contributed by atoms with Crippen LogP contribution in [-0.2, 0) is 19.6 Å². The van der Waals surface area contributed by atoms with E-state index in [4.69, 9.17) is 9.47 Å². The third-order valence-electron chi connectivity index (χ3n) is 4.07. The van der Waals surface area contributed by atoms with E-state index in [0.29, 0.717) is 5.56 Å². The Morgan fingerprint density at radius 1 is 1.24 bits per heavy atom. The van der Waals surface area contributed by atoms with E-state index in [0.717, 1.165) is 0 Å². The summed E-state index contributed by atoms with van der Waals surface area (Å²) in [5.74, 6) is -0.500. The standard InChI is InChI=1S/C19H22N2O7S/c1-4-28-19(22)12-16(14-6-5-7-15(11-14)21(23)24)20-29(25,26)18-10-13(2)8-9-17(18)27-3/h5-11,16,20H,4,12H2,1-3H3. The summed E-state index contributed by atoms with van der Waals surface area (Å²) >= 11 is 0. The lowest BCUT2D eigenvalue weighted by molar-refractivity contribution is -0.384. The Morgan fingerprint density at radius 3 is 2.59 bits per heavy atom. The molecule has 1 N–H and O–H groups in total. The molecule has 0 spiro atoms. The summed E-state index contributed by atoms with van der Waals surface area (Å²) in [7, 11) is -2.77. The third kappa shape index (κ3) is 5.75. The van der Waals surface area contributed by atoms with E-state index >= 15 is 0 Å². The maximum atomic E-state index is 13.0.